The van der Waals surface area contributed by atoms with Crippen LogP contribution in [0.15, 0.2) is 18.2 Å². The fourth-order valence-electron chi connectivity index (χ4n) is 3.60. The number of halogens is 1. The van der Waals surface area contributed by atoms with E-state index >= 15 is 0 Å². The van der Waals surface area contributed by atoms with Crippen molar-refractivity contribution in [3.05, 3.63) is 28.8 Å². The molecule has 3 nitrogen and oxygen atoms in total. The van der Waals surface area contributed by atoms with Gasteiger partial charge in [-0.2, -0.15) is 5.26 Å². The summed E-state index contributed by atoms with van der Waals surface area (Å²) >= 11 is 6.07. The largest absolute Gasteiger partial charge is 0.486 e. The summed E-state index contributed by atoms with van der Waals surface area (Å²) in [5, 5.41) is 9.70. The van der Waals surface area contributed by atoms with Crippen molar-refractivity contribution in [1.82, 2.24) is 0 Å². The minimum absolute atomic E-state index is 0.0285. The van der Waals surface area contributed by atoms with Gasteiger partial charge >= 0.3 is 0 Å². The summed E-state index contributed by atoms with van der Waals surface area (Å²) in [6.07, 6.45) is 2.93. The van der Waals surface area contributed by atoms with Crippen LogP contribution in [0, 0.1) is 17.2 Å². The van der Waals surface area contributed by atoms with Gasteiger partial charge in [-0.1, -0.05) is 31.5 Å². The van der Waals surface area contributed by atoms with E-state index in [0.29, 0.717) is 22.3 Å². The molecule has 0 saturated carbocycles. The summed E-state index contributed by atoms with van der Waals surface area (Å²) in [5.41, 5.74) is 0.0635. The summed E-state index contributed by atoms with van der Waals surface area (Å²) in [6, 6.07) is 7.46. The highest BCUT2D eigenvalue weighted by molar-refractivity contribution is 6.31. The Morgan fingerprint density at radius 1 is 1.43 bits per heavy atom. The van der Waals surface area contributed by atoms with E-state index in [9.17, 15) is 5.26 Å². The Kier molecular flexibility index (Phi) is 3.43. The van der Waals surface area contributed by atoms with Crippen LogP contribution in [0.3, 0.4) is 0 Å². The lowest BCUT2D eigenvalue weighted by Gasteiger charge is -2.32. The third-order valence-corrected chi connectivity index (χ3v) is 5.42. The molecule has 0 amide bonds. The SMILES string of the molecule is CC(C)C12CCC(C)(O1)C(Oc1cccc(Cl)c1C#N)C2. The minimum atomic E-state index is -0.265. The highest BCUT2D eigenvalue weighted by Gasteiger charge is 2.61. The predicted molar refractivity (Wildman–Crippen MR) is 81.5 cm³/mol. The summed E-state index contributed by atoms with van der Waals surface area (Å²) in [4.78, 5) is 0. The first-order chi connectivity index (χ1) is 9.90. The molecular formula is C17H20ClNO2. The van der Waals surface area contributed by atoms with Gasteiger partial charge in [0.05, 0.1) is 10.6 Å². The van der Waals surface area contributed by atoms with Crippen molar-refractivity contribution in [3.63, 3.8) is 0 Å². The summed E-state index contributed by atoms with van der Waals surface area (Å²) in [6.45, 7) is 6.52. The monoisotopic (exact) mass is 305 g/mol. The molecule has 112 valence electrons. The molecule has 2 heterocycles. The van der Waals surface area contributed by atoms with Crippen LogP contribution in [-0.2, 0) is 4.74 Å². The molecule has 3 rings (SSSR count). The van der Waals surface area contributed by atoms with Crippen LogP contribution < -0.4 is 4.74 Å². The molecule has 0 N–H and O–H groups in total. The molecule has 3 unspecified atom stereocenters. The Morgan fingerprint density at radius 2 is 2.19 bits per heavy atom. The minimum Gasteiger partial charge on any atom is -0.486 e. The molecule has 2 aliphatic rings. The van der Waals surface area contributed by atoms with Crippen molar-refractivity contribution in [2.45, 2.75) is 57.3 Å². The van der Waals surface area contributed by atoms with Crippen LogP contribution in [0.1, 0.15) is 45.6 Å². The molecule has 0 aliphatic carbocycles. The Labute approximate surface area is 130 Å². The van der Waals surface area contributed by atoms with Crippen molar-refractivity contribution >= 4 is 11.6 Å². The fraction of sp³-hybridized carbons (Fsp3) is 0.588. The summed E-state index contributed by atoms with van der Waals surface area (Å²) < 4.78 is 12.5. The van der Waals surface area contributed by atoms with E-state index in [2.05, 4.69) is 26.8 Å². The van der Waals surface area contributed by atoms with E-state index in [4.69, 9.17) is 21.1 Å². The molecule has 2 fully saturated rings. The van der Waals surface area contributed by atoms with Crippen LogP contribution in [0.25, 0.3) is 0 Å². The van der Waals surface area contributed by atoms with Crippen LogP contribution in [0.4, 0.5) is 0 Å². The van der Waals surface area contributed by atoms with E-state index < -0.39 is 0 Å². The zero-order chi connectivity index (χ0) is 15.3. The van der Waals surface area contributed by atoms with E-state index in [0.717, 1.165) is 19.3 Å². The second kappa shape index (κ2) is 4.90. The summed E-state index contributed by atoms with van der Waals surface area (Å²) in [7, 11) is 0. The van der Waals surface area contributed by atoms with Gasteiger partial charge in [-0.3, -0.25) is 0 Å². The molecule has 0 spiro atoms. The molecular weight excluding hydrogens is 286 g/mol. The normalized spacial score (nSPS) is 34.2. The van der Waals surface area contributed by atoms with Gasteiger partial charge < -0.3 is 9.47 Å². The number of benzene rings is 1. The lowest BCUT2D eigenvalue weighted by Crippen LogP contribution is -2.40. The molecule has 2 aliphatic heterocycles. The van der Waals surface area contributed by atoms with E-state index in [-0.39, 0.29) is 17.3 Å². The number of nitriles is 1. The maximum absolute atomic E-state index is 9.26. The predicted octanol–water partition coefficient (Wildman–Crippen LogP) is 4.33. The molecule has 3 atom stereocenters. The number of rotatable bonds is 3. The molecule has 2 saturated heterocycles. The zero-order valence-corrected chi connectivity index (χ0v) is 13.4. The molecule has 1 aromatic carbocycles. The smallest absolute Gasteiger partial charge is 0.139 e. The van der Waals surface area contributed by atoms with Gasteiger partial charge in [-0.15, -0.1) is 0 Å². The average molecular weight is 306 g/mol. The number of ether oxygens (including phenoxy) is 2. The van der Waals surface area contributed by atoms with E-state index in [1.807, 2.05) is 12.1 Å². The highest BCUT2D eigenvalue weighted by atomic mass is 35.5. The number of hydrogen-bond donors (Lipinski definition) is 0. The van der Waals surface area contributed by atoms with Crippen LogP contribution in [-0.4, -0.2) is 17.3 Å². The van der Waals surface area contributed by atoms with Crippen LogP contribution in [0.5, 0.6) is 5.75 Å². The third-order valence-electron chi connectivity index (χ3n) is 5.10. The molecule has 2 bridgehead atoms. The molecule has 4 heteroatoms. The second-order valence-electron chi connectivity index (χ2n) is 6.67. The topological polar surface area (TPSA) is 42.2 Å². The number of nitrogens with zero attached hydrogens (tertiary/aromatic N) is 1. The standard InChI is InChI=1S/C17H20ClNO2/c1-11(2)17-8-7-16(3,21-17)15(9-17)20-14-6-4-5-13(18)12(14)10-19/h4-6,11,15H,7-9H2,1-3H3. The van der Waals surface area contributed by atoms with Crippen molar-refractivity contribution < 1.29 is 9.47 Å². The van der Waals surface area contributed by atoms with Crippen LogP contribution in [0.2, 0.25) is 5.02 Å². The molecule has 21 heavy (non-hydrogen) atoms. The van der Waals surface area contributed by atoms with E-state index in [1.165, 1.54) is 0 Å². The molecule has 0 aromatic heterocycles. The van der Waals surface area contributed by atoms with E-state index in [1.54, 1.807) is 6.07 Å². The van der Waals surface area contributed by atoms with Gasteiger partial charge in [0.1, 0.15) is 29.1 Å². The quantitative estimate of drug-likeness (QED) is 0.835. The highest BCUT2D eigenvalue weighted by Crippen LogP contribution is 2.55. The lowest BCUT2D eigenvalue weighted by molar-refractivity contribution is -0.0769. The van der Waals surface area contributed by atoms with Gasteiger partial charge in [-0.05, 0) is 37.8 Å². The Hall–Kier alpha value is -1.24. The van der Waals surface area contributed by atoms with Crippen LogP contribution >= 0.6 is 11.6 Å². The van der Waals surface area contributed by atoms with Gasteiger partial charge in [0, 0.05) is 6.42 Å². The Balaban J connectivity index is 1.88. The number of hydrogen-bond acceptors (Lipinski definition) is 3. The fourth-order valence-corrected chi connectivity index (χ4v) is 3.81. The summed E-state index contributed by atoms with van der Waals surface area (Å²) in [5.74, 6) is 1.02. The Bertz CT molecular complexity index is 609. The number of fused-ring (bicyclic) bond motifs is 2. The Morgan fingerprint density at radius 3 is 2.81 bits per heavy atom. The molecule has 1 aromatic rings. The molecule has 0 radical (unpaired) electrons. The van der Waals surface area contributed by atoms with Crippen molar-refractivity contribution in [3.8, 4) is 11.8 Å². The van der Waals surface area contributed by atoms with Crippen molar-refractivity contribution in [2.24, 2.45) is 5.92 Å². The first-order valence-corrected chi connectivity index (χ1v) is 7.83. The zero-order valence-electron chi connectivity index (χ0n) is 12.6. The maximum atomic E-state index is 9.26. The average Bonchev–Trinajstić information content (AvgIpc) is 2.91. The van der Waals surface area contributed by atoms with Gasteiger partial charge in [0.25, 0.3) is 0 Å². The third kappa shape index (κ3) is 2.22. The lowest BCUT2D eigenvalue weighted by atomic mass is 9.75. The maximum Gasteiger partial charge on any atom is 0.139 e. The van der Waals surface area contributed by atoms with Crippen molar-refractivity contribution in [2.75, 3.05) is 0 Å². The van der Waals surface area contributed by atoms with Gasteiger partial charge in [0.2, 0.25) is 0 Å². The first-order valence-electron chi connectivity index (χ1n) is 7.46. The van der Waals surface area contributed by atoms with Crippen molar-refractivity contribution in [1.29, 1.82) is 5.26 Å². The van der Waals surface area contributed by atoms with Gasteiger partial charge in [-0.25, -0.2) is 0 Å². The second-order valence-corrected chi connectivity index (χ2v) is 7.08. The first kappa shape index (κ1) is 14.7. The van der Waals surface area contributed by atoms with Gasteiger partial charge in [0.15, 0.2) is 0 Å².